The number of aliphatic carboxylic acids is 2. The van der Waals surface area contributed by atoms with Crippen LogP contribution >= 0.6 is 0 Å². The van der Waals surface area contributed by atoms with Crippen molar-refractivity contribution in [1.82, 2.24) is 20.6 Å². The van der Waals surface area contributed by atoms with Gasteiger partial charge in [0, 0.05) is 18.3 Å². The molecule has 1 heterocycles. The van der Waals surface area contributed by atoms with E-state index >= 15 is 0 Å². The van der Waals surface area contributed by atoms with Gasteiger partial charge in [0.25, 0.3) is 0 Å². The van der Waals surface area contributed by atoms with Gasteiger partial charge in [0.1, 0.15) is 12.1 Å². The lowest BCUT2D eigenvalue weighted by Crippen LogP contribution is -2.55. The van der Waals surface area contributed by atoms with Crippen molar-refractivity contribution in [1.29, 1.82) is 0 Å². The third kappa shape index (κ3) is 6.04. The number of imidazole rings is 1. The number of H-pyrrole nitrogens is 1. The van der Waals surface area contributed by atoms with Crippen molar-refractivity contribution in [2.45, 2.75) is 37.9 Å². The molecular formula is C13H19N5O6. The molecule has 3 atom stereocenters. The van der Waals surface area contributed by atoms with Gasteiger partial charge in [-0.3, -0.25) is 14.4 Å². The largest absolute Gasteiger partial charge is 0.481 e. The number of aromatic nitrogens is 2. The number of rotatable bonds is 9. The number of carbonyl (C=O) groups is 4. The Morgan fingerprint density at radius 2 is 1.83 bits per heavy atom. The van der Waals surface area contributed by atoms with Crippen LogP contribution in [0.15, 0.2) is 12.5 Å². The first kappa shape index (κ1) is 19.1. The Kier molecular flexibility index (Phi) is 6.86. The van der Waals surface area contributed by atoms with Crippen LogP contribution < -0.4 is 16.4 Å². The minimum Gasteiger partial charge on any atom is -0.481 e. The molecule has 0 radical (unpaired) electrons. The van der Waals surface area contributed by atoms with Crippen molar-refractivity contribution in [2.75, 3.05) is 0 Å². The fourth-order valence-corrected chi connectivity index (χ4v) is 1.78. The SMILES string of the molecule is C[C@H](N)C(=O)N[C@@H](CC(=O)O)C(=O)N[C@@H](Cc1cnc[nH]1)C(=O)O. The van der Waals surface area contributed by atoms with Crippen molar-refractivity contribution >= 4 is 23.8 Å². The number of carboxylic acids is 2. The maximum atomic E-state index is 12.2. The van der Waals surface area contributed by atoms with Crippen LogP contribution in [0.2, 0.25) is 0 Å². The zero-order chi connectivity index (χ0) is 18.3. The summed E-state index contributed by atoms with van der Waals surface area (Å²) in [6, 6.07) is -3.71. The number of carbonyl (C=O) groups excluding carboxylic acids is 2. The van der Waals surface area contributed by atoms with Crippen LogP contribution in [0.5, 0.6) is 0 Å². The monoisotopic (exact) mass is 341 g/mol. The summed E-state index contributed by atoms with van der Waals surface area (Å²) in [4.78, 5) is 52.3. The van der Waals surface area contributed by atoms with E-state index in [1.807, 2.05) is 0 Å². The van der Waals surface area contributed by atoms with E-state index in [0.29, 0.717) is 5.69 Å². The first-order valence-corrected chi connectivity index (χ1v) is 6.99. The second-order valence-electron chi connectivity index (χ2n) is 5.13. The number of nitrogens with two attached hydrogens (primary N) is 1. The molecule has 0 fully saturated rings. The van der Waals surface area contributed by atoms with Gasteiger partial charge in [0.15, 0.2) is 0 Å². The summed E-state index contributed by atoms with van der Waals surface area (Å²) in [6.45, 7) is 1.36. The first-order valence-electron chi connectivity index (χ1n) is 6.99. The number of amides is 2. The lowest BCUT2D eigenvalue weighted by molar-refractivity contribution is -0.143. The fourth-order valence-electron chi connectivity index (χ4n) is 1.78. The molecule has 11 heteroatoms. The Labute approximate surface area is 136 Å². The van der Waals surface area contributed by atoms with Gasteiger partial charge < -0.3 is 31.6 Å². The molecule has 0 aliphatic heterocycles. The van der Waals surface area contributed by atoms with Gasteiger partial charge in [-0.2, -0.15) is 0 Å². The molecule has 0 unspecified atom stereocenters. The maximum Gasteiger partial charge on any atom is 0.326 e. The Hall–Kier alpha value is -2.95. The van der Waals surface area contributed by atoms with Crippen molar-refractivity contribution in [3.8, 4) is 0 Å². The Bertz CT molecular complexity index is 600. The molecule has 0 spiro atoms. The van der Waals surface area contributed by atoms with Crippen molar-refractivity contribution in [2.24, 2.45) is 5.73 Å². The highest BCUT2D eigenvalue weighted by Crippen LogP contribution is 2.01. The maximum absolute atomic E-state index is 12.2. The number of aromatic amines is 1. The molecule has 1 aromatic heterocycles. The Morgan fingerprint density at radius 1 is 1.21 bits per heavy atom. The van der Waals surface area contributed by atoms with Crippen LogP contribution in [0.25, 0.3) is 0 Å². The molecule has 2 amide bonds. The molecule has 24 heavy (non-hydrogen) atoms. The summed E-state index contributed by atoms with van der Waals surface area (Å²) in [7, 11) is 0. The van der Waals surface area contributed by atoms with Gasteiger partial charge in [0.05, 0.1) is 18.8 Å². The number of carboxylic acid groups (broad SMARTS) is 2. The van der Waals surface area contributed by atoms with Crippen LogP contribution in [-0.4, -0.2) is 62.1 Å². The van der Waals surface area contributed by atoms with E-state index < -0.39 is 48.3 Å². The fraction of sp³-hybridized carbons (Fsp3) is 0.462. The molecule has 0 aliphatic carbocycles. The van der Waals surface area contributed by atoms with Gasteiger partial charge in [-0.15, -0.1) is 0 Å². The molecule has 0 saturated carbocycles. The number of hydrogen-bond donors (Lipinski definition) is 6. The van der Waals surface area contributed by atoms with Crippen molar-refractivity contribution in [3.63, 3.8) is 0 Å². The molecule has 0 saturated heterocycles. The molecule has 0 bridgehead atoms. The van der Waals surface area contributed by atoms with Gasteiger partial charge in [0.2, 0.25) is 11.8 Å². The lowest BCUT2D eigenvalue weighted by Gasteiger charge is -2.21. The minimum absolute atomic E-state index is 0.0812. The topological polar surface area (TPSA) is 188 Å². The predicted molar refractivity (Wildman–Crippen MR) is 79.7 cm³/mol. The summed E-state index contributed by atoms with van der Waals surface area (Å²) in [6.07, 6.45) is 1.96. The van der Waals surface area contributed by atoms with Crippen LogP contribution in [0.1, 0.15) is 19.0 Å². The smallest absolute Gasteiger partial charge is 0.326 e. The predicted octanol–water partition coefficient (Wildman–Crippen LogP) is -2.17. The molecule has 1 aromatic rings. The van der Waals surface area contributed by atoms with Crippen LogP contribution in [0.4, 0.5) is 0 Å². The van der Waals surface area contributed by atoms with Crippen molar-refractivity contribution in [3.05, 3.63) is 18.2 Å². The van der Waals surface area contributed by atoms with Gasteiger partial charge >= 0.3 is 11.9 Å². The highest BCUT2D eigenvalue weighted by atomic mass is 16.4. The van der Waals surface area contributed by atoms with Crippen LogP contribution in [-0.2, 0) is 25.6 Å². The summed E-state index contributed by atoms with van der Waals surface area (Å²) in [5, 5.41) is 22.4. The average molecular weight is 341 g/mol. The van der Waals surface area contributed by atoms with E-state index in [4.69, 9.17) is 10.8 Å². The van der Waals surface area contributed by atoms with Gasteiger partial charge in [-0.1, -0.05) is 0 Å². The van der Waals surface area contributed by atoms with Crippen LogP contribution in [0.3, 0.4) is 0 Å². The summed E-state index contributed by atoms with van der Waals surface area (Å²) in [5.74, 6) is -4.30. The third-order valence-electron chi connectivity index (χ3n) is 3.02. The second-order valence-corrected chi connectivity index (χ2v) is 5.13. The van der Waals surface area contributed by atoms with E-state index in [1.165, 1.54) is 19.4 Å². The molecule has 11 nitrogen and oxygen atoms in total. The Morgan fingerprint density at radius 3 is 2.29 bits per heavy atom. The zero-order valence-electron chi connectivity index (χ0n) is 12.9. The molecular weight excluding hydrogens is 322 g/mol. The lowest BCUT2D eigenvalue weighted by atomic mass is 10.1. The van der Waals surface area contributed by atoms with E-state index in [9.17, 15) is 24.3 Å². The van der Waals surface area contributed by atoms with Gasteiger partial charge in [-0.05, 0) is 6.92 Å². The number of nitrogens with zero attached hydrogens (tertiary/aromatic N) is 1. The molecule has 0 aromatic carbocycles. The van der Waals surface area contributed by atoms with Gasteiger partial charge in [-0.25, -0.2) is 9.78 Å². The van der Waals surface area contributed by atoms with Crippen molar-refractivity contribution < 1.29 is 29.4 Å². The van der Waals surface area contributed by atoms with Crippen LogP contribution in [0, 0.1) is 0 Å². The quantitative estimate of drug-likeness (QED) is 0.292. The first-order chi connectivity index (χ1) is 11.2. The molecule has 132 valence electrons. The highest BCUT2D eigenvalue weighted by Gasteiger charge is 2.29. The second kappa shape index (κ2) is 8.62. The average Bonchev–Trinajstić information content (AvgIpc) is 2.97. The Balaban J connectivity index is 2.80. The minimum atomic E-state index is -1.44. The number of nitrogens with one attached hydrogen (secondary N) is 3. The number of hydrogen-bond acceptors (Lipinski definition) is 6. The van der Waals surface area contributed by atoms with E-state index in [-0.39, 0.29) is 6.42 Å². The normalized spacial score (nSPS) is 14.2. The molecule has 0 aliphatic rings. The van der Waals surface area contributed by atoms with E-state index in [1.54, 1.807) is 0 Å². The standard InChI is InChI=1S/C13H19N5O6/c1-6(14)11(21)17-8(3-10(19)20)12(22)18-9(13(23)24)2-7-4-15-5-16-7/h4-6,8-9H,2-3,14H2,1H3,(H,15,16)(H,17,21)(H,18,22)(H,19,20)(H,23,24)/t6-,8-,9-/m0/s1. The summed E-state index contributed by atoms with van der Waals surface area (Å²) in [5.41, 5.74) is 5.83. The third-order valence-corrected chi connectivity index (χ3v) is 3.02. The zero-order valence-corrected chi connectivity index (χ0v) is 12.9. The van der Waals surface area contributed by atoms with E-state index in [2.05, 4.69) is 20.6 Å². The molecule has 1 rings (SSSR count). The van der Waals surface area contributed by atoms with E-state index in [0.717, 1.165) is 0 Å². The summed E-state index contributed by atoms with van der Waals surface area (Å²) >= 11 is 0. The highest BCUT2D eigenvalue weighted by molar-refractivity contribution is 5.93. The summed E-state index contributed by atoms with van der Waals surface area (Å²) < 4.78 is 0. The molecule has 7 N–H and O–H groups in total.